The van der Waals surface area contributed by atoms with Crippen molar-refractivity contribution >= 4 is 17.7 Å². The van der Waals surface area contributed by atoms with Crippen LogP contribution in [0.4, 0.5) is 32.4 Å². The first-order valence-electron chi connectivity index (χ1n) is 12.5. The first-order chi connectivity index (χ1) is 17.0. The van der Waals surface area contributed by atoms with Crippen molar-refractivity contribution in [3.63, 3.8) is 0 Å². The summed E-state index contributed by atoms with van der Waals surface area (Å²) in [4.78, 5) is 31.0. The number of carbonyl (C=O) groups excluding carboxylic acids is 2. The second-order valence-electron chi connectivity index (χ2n) is 11.3. The Morgan fingerprint density at radius 1 is 1.05 bits per heavy atom. The molecular weight excluding hydrogens is 499 g/mol. The van der Waals surface area contributed by atoms with Gasteiger partial charge < -0.3 is 19.7 Å². The lowest BCUT2D eigenvalue weighted by Gasteiger charge is -2.49. The van der Waals surface area contributed by atoms with Gasteiger partial charge in [-0.15, -0.1) is 0 Å². The van der Waals surface area contributed by atoms with Gasteiger partial charge in [0.2, 0.25) is 0 Å². The molecule has 1 aromatic rings. The predicted octanol–water partition coefficient (Wildman–Crippen LogP) is 2.79. The van der Waals surface area contributed by atoms with Crippen molar-refractivity contribution in [3.8, 4) is 0 Å². The molecule has 4 rings (SSSR count). The number of hydrogen-bond acceptors (Lipinski definition) is 5. The molecule has 0 aliphatic carbocycles. The average Bonchev–Trinajstić information content (AvgIpc) is 3.40. The van der Waals surface area contributed by atoms with E-state index in [0.717, 1.165) is 17.0 Å². The molecule has 0 radical (unpaired) electrons. The van der Waals surface area contributed by atoms with Crippen LogP contribution in [0.3, 0.4) is 0 Å². The number of anilines is 1. The van der Waals surface area contributed by atoms with E-state index in [0.29, 0.717) is 31.9 Å². The number of benzene rings is 1. The molecule has 3 fully saturated rings. The van der Waals surface area contributed by atoms with Gasteiger partial charge in [-0.1, -0.05) is 6.07 Å². The van der Waals surface area contributed by atoms with Crippen LogP contribution in [0.15, 0.2) is 24.3 Å². The van der Waals surface area contributed by atoms with Gasteiger partial charge in [0.25, 0.3) is 17.9 Å². The summed E-state index contributed by atoms with van der Waals surface area (Å²) in [7, 11) is 0. The van der Waals surface area contributed by atoms with Crippen molar-refractivity contribution in [1.82, 2.24) is 9.80 Å². The molecule has 0 N–H and O–H groups in total. The van der Waals surface area contributed by atoms with Gasteiger partial charge in [0, 0.05) is 51.3 Å². The van der Waals surface area contributed by atoms with Gasteiger partial charge in [-0.2, -0.15) is 13.2 Å². The SMILES string of the molecule is CC(C)(C)[N+]1(C(=O)[O-])C[C@@H](N2CCN(c3cccc(C(F)(F)F)c3)CC2)C[C@H]1C(=O)N1CCC(F)(F)C1. The summed E-state index contributed by atoms with van der Waals surface area (Å²) in [6.45, 7) is 6.11. The van der Waals surface area contributed by atoms with E-state index >= 15 is 0 Å². The summed E-state index contributed by atoms with van der Waals surface area (Å²) in [5.41, 5.74) is -1.20. The Morgan fingerprint density at radius 3 is 2.22 bits per heavy atom. The van der Waals surface area contributed by atoms with E-state index in [1.54, 1.807) is 26.8 Å². The summed E-state index contributed by atoms with van der Waals surface area (Å²) in [5.74, 6) is -3.59. The van der Waals surface area contributed by atoms with Crippen LogP contribution in [-0.2, 0) is 11.0 Å². The number of piperazine rings is 1. The molecule has 0 spiro atoms. The van der Waals surface area contributed by atoms with Crippen LogP contribution in [0.5, 0.6) is 0 Å². The van der Waals surface area contributed by atoms with E-state index in [-0.39, 0.29) is 25.6 Å². The fraction of sp³-hybridized carbons (Fsp3) is 0.680. The van der Waals surface area contributed by atoms with E-state index in [9.17, 15) is 36.6 Å². The van der Waals surface area contributed by atoms with Crippen molar-refractivity contribution in [2.45, 2.75) is 63.3 Å². The lowest BCUT2D eigenvalue weighted by molar-refractivity contribution is -0.923. The van der Waals surface area contributed by atoms with E-state index in [2.05, 4.69) is 4.90 Å². The zero-order valence-corrected chi connectivity index (χ0v) is 21.2. The van der Waals surface area contributed by atoms with Crippen LogP contribution in [0, 0.1) is 0 Å². The third-order valence-corrected chi connectivity index (χ3v) is 8.18. The molecule has 3 heterocycles. The van der Waals surface area contributed by atoms with Crippen LogP contribution < -0.4 is 10.0 Å². The van der Waals surface area contributed by atoms with Gasteiger partial charge in [0.1, 0.15) is 6.54 Å². The van der Waals surface area contributed by atoms with Gasteiger partial charge in [-0.3, -0.25) is 14.2 Å². The molecule has 3 atom stereocenters. The molecule has 206 valence electrons. The largest absolute Gasteiger partial charge is 0.498 e. The van der Waals surface area contributed by atoms with E-state index in [1.807, 2.05) is 4.90 Å². The standard InChI is InChI=1S/C25H33F5N4O3/c1-23(2,3)34(22(36)37)15-19(14-20(34)21(35)33-8-7-24(26,27)16-33)32-11-9-31(10-12-32)18-6-4-5-17(13-18)25(28,29)30/h4-6,13,19-20H,7-12,14-16H2,1-3H3/t19-,20-,34?/m0/s1. The summed E-state index contributed by atoms with van der Waals surface area (Å²) in [5, 5.41) is 12.6. The van der Waals surface area contributed by atoms with Crippen LogP contribution in [-0.4, -0.2) is 95.6 Å². The summed E-state index contributed by atoms with van der Waals surface area (Å²) < 4.78 is 66.5. The number of likely N-dealkylation sites (tertiary alicyclic amines) is 2. The van der Waals surface area contributed by atoms with Gasteiger partial charge in [-0.25, -0.2) is 8.78 Å². The maximum absolute atomic E-state index is 13.9. The minimum absolute atomic E-state index is 0.0794. The van der Waals surface area contributed by atoms with Crippen molar-refractivity contribution in [3.05, 3.63) is 29.8 Å². The Labute approximate surface area is 213 Å². The number of rotatable bonds is 3. The molecule has 3 saturated heterocycles. The zero-order valence-electron chi connectivity index (χ0n) is 21.2. The minimum atomic E-state index is -4.44. The molecule has 2 amide bonds. The Hall–Kier alpha value is -2.47. The molecule has 37 heavy (non-hydrogen) atoms. The van der Waals surface area contributed by atoms with Crippen LogP contribution in [0.2, 0.25) is 0 Å². The number of carboxylic acid groups (broad SMARTS) is 1. The van der Waals surface area contributed by atoms with Crippen molar-refractivity contribution < 1.29 is 41.1 Å². The van der Waals surface area contributed by atoms with E-state index in [1.165, 1.54) is 6.07 Å². The Morgan fingerprint density at radius 2 is 1.70 bits per heavy atom. The maximum atomic E-state index is 13.9. The van der Waals surface area contributed by atoms with Gasteiger partial charge in [0.05, 0.1) is 23.7 Å². The van der Waals surface area contributed by atoms with Crippen molar-refractivity contribution in [2.24, 2.45) is 0 Å². The zero-order chi connectivity index (χ0) is 27.4. The van der Waals surface area contributed by atoms with Gasteiger partial charge in [0.15, 0.2) is 6.04 Å². The van der Waals surface area contributed by atoms with Gasteiger partial charge in [-0.05, 0) is 39.0 Å². The molecule has 12 heteroatoms. The van der Waals surface area contributed by atoms with Crippen LogP contribution >= 0.6 is 0 Å². The molecular formula is C25H33F5N4O3. The smallest absolute Gasteiger partial charge is 0.416 e. The molecule has 0 aromatic heterocycles. The Bertz CT molecular complexity index is 1040. The quantitative estimate of drug-likeness (QED) is 0.443. The molecule has 3 aliphatic heterocycles. The highest BCUT2D eigenvalue weighted by Gasteiger charge is 2.61. The summed E-state index contributed by atoms with van der Waals surface area (Å²) in [6, 6.07) is 3.75. The number of quaternary nitrogens is 1. The van der Waals surface area contributed by atoms with E-state index in [4.69, 9.17) is 0 Å². The number of carbonyl (C=O) groups is 2. The number of alkyl halides is 5. The van der Waals surface area contributed by atoms with Crippen LogP contribution in [0.1, 0.15) is 39.2 Å². The fourth-order valence-electron chi connectivity index (χ4n) is 6.10. The predicted molar refractivity (Wildman–Crippen MR) is 124 cm³/mol. The first-order valence-corrected chi connectivity index (χ1v) is 12.5. The Kier molecular flexibility index (Phi) is 6.98. The topological polar surface area (TPSA) is 66.9 Å². The third kappa shape index (κ3) is 5.14. The summed E-state index contributed by atoms with van der Waals surface area (Å²) >= 11 is 0. The fourth-order valence-corrected chi connectivity index (χ4v) is 6.10. The molecule has 7 nitrogen and oxygen atoms in total. The number of nitrogens with zero attached hydrogens (tertiary/aromatic N) is 4. The lowest BCUT2D eigenvalue weighted by Crippen LogP contribution is -2.72. The molecule has 1 unspecified atom stereocenters. The van der Waals surface area contributed by atoms with Crippen LogP contribution in [0.25, 0.3) is 0 Å². The normalized spacial score (nSPS) is 29.1. The molecule has 0 bridgehead atoms. The second-order valence-corrected chi connectivity index (χ2v) is 11.3. The van der Waals surface area contributed by atoms with E-state index < -0.39 is 58.7 Å². The molecule has 0 saturated carbocycles. The highest BCUT2D eigenvalue weighted by molar-refractivity contribution is 5.83. The Balaban J connectivity index is 1.52. The first kappa shape index (κ1) is 27.6. The molecule has 3 aliphatic rings. The molecule has 1 aromatic carbocycles. The second kappa shape index (κ2) is 9.37. The highest BCUT2D eigenvalue weighted by atomic mass is 19.4. The van der Waals surface area contributed by atoms with Crippen molar-refractivity contribution in [2.75, 3.05) is 50.7 Å². The monoisotopic (exact) mass is 532 g/mol. The van der Waals surface area contributed by atoms with Crippen molar-refractivity contribution in [1.29, 1.82) is 0 Å². The lowest BCUT2D eigenvalue weighted by atomic mass is 9.99. The number of amides is 2. The highest BCUT2D eigenvalue weighted by Crippen LogP contribution is 2.41. The number of halogens is 5. The maximum Gasteiger partial charge on any atom is 0.416 e. The van der Waals surface area contributed by atoms with Gasteiger partial charge >= 0.3 is 6.18 Å². The average molecular weight is 533 g/mol. The summed E-state index contributed by atoms with van der Waals surface area (Å²) in [6.07, 6.45) is -6.13. The minimum Gasteiger partial charge on any atom is -0.498 e. The third-order valence-electron chi connectivity index (χ3n) is 8.18. The number of hydrogen-bond donors (Lipinski definition) is 0.